The number of hydrogen-bond donors (Lipinski definition) is 1. The van der Waals surface area contributed by atoms with Gasteiger partial charge in [0.2, 0.25) is 11.8 Å². The van der Waals surface area contributed by atoms with Crippen LogP contribution in [0.25, 0.3) is 0 Å². The summed E-state index contributed by atoms with van der Waals surface area (Å²) in [6, 6.07) is 8.10. The molecule has 0 unspecified atom stereocenters. The molecule has 5 nitrogen and oxygen atoms in total. The van der Waals surface area contributed by atoms with Crippen LogP contribution in [0.4, 0.5) is 11.4 Å². The maximum Gasteiger partial charge on any atom is 0.240 e. The highest BCUT2D eigenvalue weighted by Crippen LogP contribution is 2.48. The van der Waals surface area contributed by atoms with Crippen LogP contribution in [-0.2, 0) is 9.59 Å². The third-order valence-electron chi connectivity index (χ3n) is 6.94. The summed E-state index contributed by atoms with van der Waals surface area (Å²) in [4.78, 5) is 30.2. The van der Waals surface area contributed by atoms with Crippen molar-refractivity contribution in [1.82, 2.24) is 4.90 Å². The van der Waals surface area contributed by atoms with Crippen LogP contribution < -0.4 is 10.2 Å². The number of amides is 2. The van der Waals surface area contributed by atoms with Crippen molar-refractivity contribution in [1.29, 1.82) is 0 Å². The molecule has 2 amide bonds. The maximum atomic E-state index is 13.0. The molecule has 0 bridgehead atoms. The number of rotatable bonds is 4. The van der Waals surface area contributed by atoms with Gasteiger partial charge < -0.3 is 15.1 Å². The molecular formula is C23H33N3O2. The Hall–Kier alpha value is -2.04. The lowest BCUT2D eigenvalue weighted by atomic mass is 9.96. The Bertz CT molecular complexity index is 710. The fraction of sp³-hybridized carbons (Fsp3) is 0.652. The van der Waals surface area contributed by atoms with Crippen LogP contribution in [0.3, 0.4) is 0 Å². The lowest BCUT2D eigenvalue weighted by molar-refractivity contribution is -0.143. The summed E-state index contributed by atoms with van der Waals surface area (Å²) in [6.45, 7) is 8.32. The minimum Gasteiger partial charge on any atom is -0.372 e. The summed E-state index contributed by atoms with van der Waals surface area (Å²) in [5.74, 6) is 1.39. The van der Waals surface area contributed by atoms with Crippen molar-refractivity contribution in [3.8, 4) is 0 Å². The second-order valence-corrected chi connectivity index (χ2v) is 9.23. The van der Waals surface area contributed by atoms with Crippen molar-refractivity contribution in [2.75, 3.05) is 36.4 Å². The van der Waals surface area contributed by atoms with E-state index in [9.17, 15) is 9.59 Å². The van der Waals surface area contributed by atoms with E-state index in [1.165, 1.54) is 18.5 Å². The zero-order chi connectivity index (χ0) is 19.7. The topological polar surface area (TPSA) is 52.7 Å². The molecule has 0 radical (unpaired) electrons. The van der Waals surface area contributed by atoms with Gasteiger partial charge in [-0.05, 0) is 74.6 Å². The molecule has 1 aromatic rings. The molecule has 2 saturated heterocycles. The molecular weight excluding hydrogens is 350 g/mol. The molecule has 2 aliphatic heterocycles. The lowest BCUT2D eigenvalue weighted by Gasteiger charge is -2.33. The van der Waals surface area contributed by atoms with E-state index in [2.05, 4.69) is 36.2 Å². The number of nitrogens with one attached hydrogen (secondary N) is 1. The third kappa shape index (κ3) is 3.89. The maximum absolute atomic E-state index is 13.0. The molecule has 0 spiro atoms. The number of carbonyl (C=O) groups excluding carboxylic acids is 2. The van der Waals surface area contributed by atoms with Gasteiger partial charge in [-0.2, -0.15) is 0 Å². The van der Waals surface area contributed by atoms with Crippen LogP contribution in [0.2, 0.25) is 0 Å². The summed E-state index contributed by atoms with van der Waals surface area (Å²) in [5.41, 5.74) is 1.18. The molecule has 1 aromatic carbocycles. The third-order valence-corrected chi connectivity index (χ3v) is 6.94. The molecule has 4 rings (SSSR count). The van der Waals surface area contributed by atoms with Crippen LogP contribution in [0.1, 0.15) is 52.4 Å². The van der Waals surface area contributed by atoms with Crippen LogP contribution in [0, 0.1) is 17.3 Å². The van der Waals surface area contributed by atoms with Gasteiger partial charge in [0, 0.05) is 37.6 Å². The smallest absolute Gasteiger partial charge is 0.240 e. The van der Waals surface area contributed by atoms with Gasteiger partial charge >= 0.3 is 0 Å². The monoisotopic (exact) mass is 383 g/mol. The predicted octanol–water partition coefficient (Wildman–Crippen LogP) is 3.90. The highest BCUT2D eigenvalue weighted by atomic mass is 16.2. The van der Waals surface area contributed by atoms with Gasteiger partial charge in [-0.3, -0.25) is 9.59 Å². The van der Waals surface area contributed by atoms with E-state index in [1.54, 1.807) is 0 Å². The number of benzene rings is 1. The number of carbonyl (C=O) groups is 2. The minimum absolute atomic E-state index is 0.0379. The fourth-order valence-electron chi connectivity index (χ4n) is 4.45. The standard InChI is InChI=1S/C23H33N3O2/c1-17-7-13-25(14-8-17)20-5-3-19(4-6-20)24-21(27)23(11-12-23)22(28)26-15-9-18(2)10-16-26/h3-6,17-18H,7-16H2,1-2H3,(H,24,27). The van der Waals surface area contributed by atoms with Gasteiger partial charge in [-0.25, -0.2) is 0 Å². The molecule has 152 valence electrons. The normalized spacial score (nSPS) is 22.8. The average molecular weight is 384 g/mol. The second kappa shape index (κ2) is 7.76. The average Bonchev–Trinajstić information content (AvgIpc) is 3.51. The summed E-state index contributed by atoms with van der Waals surface area (Å²) in [7, 11) is 0. The van der Waals surface area contributed by atoms with Gasteiger partial charge in [-0.15, -0.1) is 0 Å². The Morgan fingerprint density at radius 3 is 1.96 bits per heavy atom. The van der Waals surface area contributed by atoms with Gasteiger partial charge in [0.15, 0.2) is 0 Å². The van der Waals surface area contributed by atoms with E-state index < -0.39 is 5.41 Å². The van der Waals surface area contributed by atoms with E-state index in [4.69, 9.17) is 0 Å². The zero-order valence-corrected chi connectivity index (χ0v) is 17.2. The molecule has 1 aliphatic carbocycles. The summed E-state index contributed by atoms with van der Waals surface area (Å²) in [6.07, 6.45) is 5.90. The first-order valence-corrected chi connectivity index (χ1v) is 10.9. The minimum atomic E-state index is -0.817. The SMILES string of the molecule is CC1CCN(C(=O)C2(C(=O)Nc3ccc(N4CCC(C)CC4)cc3)CC2)CC1. The molecule has 0 atom stereocenters. The Morgan fingerprint density at radius 1 is 0.893 bits per heavy atom. The molecule has 1 saturated carbocycles. The van der Waals surface area contributed by atoms with Crippen molar-refractivity contribution in [3.05, 3.63) is 24.3 Å². The first-order valence-electron chi connectivity index (χ1n) is 10.9. The van der Waals surface area contributed by atoms with Crippen molar-refractivity contribution in [2.24, 2.45) is 17.3 Å². The molecule has 0 aromatic heterocycles. The molecule has 2 heterocycles. The Morgan fingerprint density at radius 2 is 1.43 bits per heavy atom. The van der Waals surface area contributed by atoms with Gasteiger partial charge in [0.1, 0.15) is 5.41 Å². The fourth-order valence-corrected chi connectivity index (χ4v) is 4.45. The number of piperidine rings is 2. The van der Waals surface area contributed by atoms with Crippen LogP contribution >= 0.6 is 0 Å². The van der Waals surface area contributed by atoms with Crippen molar-refractivity contribution < 1.29 is 9.59 Å². The van der Waals surface area contributed by atoms with Crippen LogP contribution in [-0.4, -0.2) is 42.9 Å². The van der Waals surface area contributed by atoms with E-state index in [-0.39, 0.29) is 11.8 Å². The van der Waals surface area contributed by atoms with Crippen molar-refractivity contribution in [3.63, 3.8) is 0 Å². The molecule has 3 aliphatic rings. The molecule has 3 fully saturated rings. The van der Waals surface area contributed by atoms with Gasteiger partial charge in [0.25, 0.3) is 0 Å². The number of hydrogen-bond acceptors (Lipinski definition) is 3. The first-order chi connectivity index (χ1) is 13.5. The second-order valence-electron chi connectivity index (χ2n) is 9.23. The van der Waals surface area contributed by atoms with Crippen LogP contribution in [0.15, 0.2) is 24.3 Å². The molecule has 28 heavy (non-hydrogen) atoms. The van der Waals surface area contributed by atoms with Crippen LogP contribution in [0.5, 0.6) is 0 Å². The Balaban J connectivity index is 1.36. The number of likely N-dealkylation sites (tertiary alicyclic amines) is 1. The van der Waals surface area contributed by atoms with Crippen molar-refractivity contribution >= 4 is 23.2 Å². The quantitative estimate of drug-likeness (QED) is 0.803. The number of anilines is 2. The van der Waals surface area contributed by atoms with Crippen molar-refractivity contribution in [2.45, 2.75) is 52.4 Å². The largest absolute Gasteiger partial charge is 0.372 e. The van der Waals surface area contributed by atoms with Gasteiger partial charge in [-0.1, -0.05) is 13.8 Å². The summed E-state index contributed by atoms with van der Waals surface area (Å²) in [5, 5.41) is 3.01. The molecule has 5 heteroatoms. The summed E-state index contributed by atoms with van der Waals surface area (Å²) >= 11 is 0. The molecule has 1 N–H and O–H groups in total. The summed E-state index contributed by atoms with van der Waals surface area (Å²) < 4.78 is 0. The van der Waals surface area contributed by atoms with E-state index in [0.29, 0.717) is 18.8 Å². The van der Waals surface area contributed by atoms with E-state index in [1.807, 2.05) is 17.0 Å². The number of nitrogens with zero attached hydrogens (tertiary/aromatic N) is 2. The highest BCUT2D eigenvalue weighted by molar-refractivity contribution is 6.13. The first kappa shape index (κ1) is 19.3. The zero-order valence-electron chi connectivity index (χ0n) is 17.2. The highest BCUT2D eigenvalue weighted by Gasteiger charge is 2.58. The Kier molecular flexibility index (Phi) is 5.35. The van der Waals surface area contributed by atoms with E-state index >= 15 is 0 Å². The Labute approximate surface area is 168 Å². The van der Waals surface area contributed by atoms with E-state index in [0.717, 1.165) is 50.6 Å². The lowest BCUT2D eigenvalue weighted by Crippen LogP contribution is -2.46. The van der Waals surface area contributed by atoms with Gasteiger partial charge in [0.05, 0.1) is 0 Å². The predicted molar refractivity (Wildman–Crippen MR) is 112 cm³/mol.